The highest BCUT2D eigenvalue weighted by Gasteiger charge is 2.35. The van der Waals surface area contributed by atoms with Gasteiger partial charge in [0.25, 0.3) is 0 Å². The molecule has 4 heteroatoms. The molecule has 0 radical (unpaired) electrons. The molecule has 1 saturated heterocycles. The van der Waals surface area contributed by atoms with Crippen LogP contribution in [0.2, 0.25) is 0 Å². The zero-order valence-corrected chi connectivity index (χ0v) is 12.0. The molecule has 0 aliphatic carbocycles. The molecule has 1 fully saturated rings. The molecule has 94 valence electrons. The molecule has 1 heterocycles. The van der Waals surface area contributed by atoms with Crippen molar-refractivity contribution in [3.8, 4) is 0 Å². The highest BCUT2D eigenvalue weighted by molar-refractivity contribution is 9.09. The first-order chi connectivity index (χ1) is 7.61. The lowest BCUT2D eigenvalue weighted by Gasteiger charge is -2.30. The number of carbonyl (C=O) groups is 1. The Morgan fingerprint density at radius 2 is 2.25 bits per heavy atom. The maximum absolute atomic E-state index is 12.4. The van der Waals surface area contributed by atoms with Crippen molar-refractivity contribution < 1.29 is 9.53 Å². The van der Waals surface area contributed by atoms with Gasteiger partial charge in [0.05, 0.1) is 12.0 Å². The second-order valence-corrected chi connectivity index (χ2v) is 5.32. The van der Waals surface area contributed by atoms with Crippen LogP contribution in [0.15, 0.2) is 0 Å². The van der Waals surface area contributed by atoms with Gasteiger partial charge in [-0.1, -0.05) is 22.9 Å². The second kappa shape index (κ2) is 6.60. The van der Waals surface area contributed by atoms with Crippen LogP contribution in [-0.2, 0) is 9.53 Å². The summed E-state index contributed by atoms with van der Waals surface area (Å²) in [5.41, 5.74) is 0. The Morgan fingerprint density at radius 1 is 1.56 bits per heavy atom. The lowest BCUT2D eigenvalue weighted by molar-refractivity contribution is -0.138. The zero-order chi connectivity index (χ0) is 12.1. The average molecular weight is 292 g/mol. The number of hydrogen-bond acceptors (Lipinski definition) is 2. The van der Waals surface area contributed by atoms with Crippen molar-refractivity contribution in [2.75, 3.05) is 18.5 Å². The Morgan fingerprint density at radius 3 is 2.75 bits per heavy atom. The number of alkyl halides is 1. The molecule has 1 amide bonds. The van der Waals surface area contributed by atoms with E-state index in [2.05, 4.69) is 36.7 Å². The number of hydrogen-bond donors (Lipinski definition) is 0. The molecule has 1 aliphatic heterocycles. The van der Waals surface area contributed by atoms with Gasteiger partial charge in [-0.25, -0.2) is 0 Å². The molecular formula is C12H22BrNO2. The molecule has 16 heavy (non-hydrogen) atoms. The van der Waals surface area contributed by atoms with E-state index in [1.165, 1.54) is 0 Å². The van der Waals surface area contributed by atoms with Crippen LogP contribution in [0, 0.1) is 5.92 Å². The Balaban J connectivity index is 2.66. The SMILES string of the molecule is CCC1OCCC1C(=O)N(CCBr)C(C)C. The van der Waals surface area contributed by atoms with Crippen molar-refractivity contribution >= 4 is 21.8 Å². The molecule has 0 aromatic heterocycles. The minimum atomic E-state index is 0.0754. The van der Waals surface area contributed by atoms with Gasteiger partial charge < -0.3 is 9.64 Å². The number of nitrogens with zero attached hydrogens (tertiary/aromatic N) is 1. The molecule has 0 spiro atoms. The third-order valence-electron chi connectivity index (χ3n) is 3.16. The fourth-order valence-electron chi connectivity index (χ4n) is 2.26. The van der Waals surface area contributed by atoms with Crippen LogP contribution in [0.25, 0.3) is 0 Å². The van der Waals surface area contributed by atoms with E-state index in [9.17, 15) is 4.79 Å². The fourth-order valence-corrected chi connectivity index (χ4v) is 2.64. The molecule has 2 unspecified atom stereocenters. The van der Waals surface area contributed by atoms with Gasteiger partial charge in [-0.3, -0.25) is 4.79 Å². The molecule has 3 nitrogen and oxygen atoms in total. The van der Waals surface area contributed by atoms with E-state index >= 15 is 0 Å². The molecule has 0 bridgehead atoms. The number of ether oxygens (including phenoxy) is 1. The van der Waals surface area contributed by atoms with E-state index in [4.69, 9.17) is 4.74 Å². The van der Waals surface area contributed by atoms with E-state index in [1.807, 2.05) is 4.90 Å². The van der Waals surface area contributed by atoms with Crippen LogP contribution >= 0.6 is 15.9 Å². The minimum Gasteiger partial charge on any atom is -0.377 e. The van der Waals surface area contributed by atoms with Gasteiger partial charge in [0.15, 0.2) is 0 Å². The summed E-state index contributed by atoms with van der Waals surface area (Å²) >= 11 is 3.40. The molecule has 0 aromatic carbocycles. The molecule has 0 N–H and O–H groups in total. The summed E-state index contributed by atoms with van der Waals surface area (Å²) in [7, 11) is 0. The maximum atomic E-state index is 12.4. The first kappa shape index (κ1) is 14.0. The van der Waals surface area contributed by atoms with Crippen molar-refractivity contribution in [1.82, 2.24) is 4.90 Å². The van der Waals surface area contributed by atoms with Crippen molar-refractivity contribution in [2.24, 2.45) is 5.92 Å². The largest absolute Gasteiger partial charge is 0.377 e. The lowest BCUT2D eigenvalue weighted by atomic mass is 9.97. The van der Waals surface area contributed by atoms with Crippen LogP contribution in [-0.4, -0.2) is 41.4 Å². The van der Waals surface area contributed by atoms with Gasteiger partial charge in [0, 0.05) is 24.5 Å². The van der Waals surface area contributed by atoms with E-state index < -0.39 is 0 Å². The summed E-state index contributed by atoms with van der Waals surface area (Å²) in [6, 6.07) is 0.267. The maximum Gasteiger partial charge on any atom is 0.228 e. The molecule has 0 aromatic rings. The number of amides is 1. The number of halogens is 1. The summed E-state index contributed by atoms with van der Waals surface area (Å²) < 4.78 is 5.58. The average Bonchev–Trinajstić information content (AvgIpc) is 2.72. The van der Waals surface area contributed by atoms with Crippen LogP contribution in [0.5, 0.6) is 0 Å². The third-order valence-corrected chi connectivity index (χ3v) is 3.52. The van der Waals surface area contributed by atoms with Crippen LogP contribution in [0.3, 0.4) is 0 Å². The van der Waals surface area contributed by atoms with E-state index in [0.717, 1.165) is 31.3 Å². The van der Waals surface area contributed by atoms with Crippen molar-refractivity contribution in [2.45, 2.75) is 45.8 Å². The predicted molar refractivity (Wildman–Crippen MR) is 68.8 cm³/mol. The van der Waals surface area contributed by atoms with E-state index in [-0.39, 0.29) is 24.0 Å². The fraction of sp³-hybridized carbons (Fsp3) is 0.917. The first-order valence-corrected chi connectivity index (χ1v) is 7.22. The molecular weight excluding hydrogens is 270 g/mol. The summed E-state index contributed by atoms with van der Waals surface area (Å²) in [4.78, 5) is 14.3. The van der Waals surface area contributed by atoms with Crippen LogP contribution in [0.1, 0.15) is 33.6 Å². The molecule has 2 atom stereocenters. The highest BCUT2D eigenvalue weighted by Crippen LogP contribution is 2.26. The summed E-state index contributed by atoms with van der Waals surface area (Å²) in [6.07, 6.45) is 1.93. The normalized spacial score (nSPS) is 25.1. The smallest absolute Gasteiger partial charge is 0.228 e. The first-order valence-electron chi connectivity index (χ1n) is 6.09. The number of rotatable bonds is 5. The summed E-state index contributed by atoms with van der Waals surface area (Å²) in [5.74, 6) is 0.338. The topological polar surface area (TPSA) is 29.5 Å². The molecule has 1 rings (SSSR count). The van der Waals surface area contributed by atoms with Crippen molar-refractivity contribution in [1.29, 1.82) is 0 Å². The second-order valence-electron chi connectivity index (χ2n) is 4.53. The standard InChI is InChI=1S/C12H22BrNO2/c1-4-11-10(5-8-16-11)12(15)14(7-6-13)9(2)3/h9-11H,4-8H2,1-3H3. The predicted octanol–water partition coefficient (Wildman–Crippen LogP) is 2.43. The Labute approximate surface area is 107 Å². The number of carbonyl (C=O) groups excluding carboxylic acids is 1. The van der Waals surface area contributed by atoms with Crippen molar-refractivity contribution in [3.63, 3.8) is 0 Å². The van der Waals surface area contributed by atoms with Gasteiger partial charge in [0.2, 0.25) is 5.91 Å². The van der Waals surface area contributed by atoms with E-state index in [1.54, 1.807) is 0 Å². The Bertz CT molecular complexity index is 229. The van der Waals surface area contributed by atoms with Gasteiger partial charge in [-0.05, 0) is 26.7 Å². The Kier molecular flexibility index (Phi) is 5.76. The Hall–Kier alpha value is -0.0900. The van der Waals surface area contributed by atoms with Gasteiger partial charge in [-0.2, -0.15) is 0 Å². The summed E-state index contributed by atoms with van der Waals surface area (Å²) in [6.45, 7) is 7.73. The van der Waals surface area contributed by atoms with Gasteiger partial charge in [-0.15, -0.1) is 0 Å². The van der Waals surface area contributed by atoms with Gasteiger partial charge >= 0.3 is 0 Å². The summed E-state index contributed by atoms with van der Waals surface area (Å²) in [5, 5.41) is 0.835. The van der Waals surface area contributed by atoms with E-state index in [0.29, 0.717) is 0 Å². The quantitative estimate of drug-likeness (QED) is 0.728. The van der Waals surface area contributed by atoms with Crippen LogP contribution < -0.4 is 0 Å². The zero-order valence-electron chi connectivity index (χ0n) is 10.4. The lowest BCUT2D eigenvalue weighted by Crippen LogP contribution is -2.44. The third kappa shape index (κ3) is 3.20. The molecule has 1 aliphatic rings. The van der Waals surface area contributed by atoms with Crippen LogP contribution in [0.4, 0.5) is 0 Å². The monoisotopic (exact) mass is 291 g/mol. The minimum absolute atomic E-state index is 0.0754. The van der Waals surface area contributed by atoms with Gasteiger partial charge in [0.1, 0.15) is 0 Å². The van der Waals surface area contributed by atoms with Crippen molar-refractivity contribution in [3.05, 3.63) is 0 Å². The highest BCUT2D eigenvalue weighted by atomic mass is 79.9. The molecule has 0 saturated carbocycles.